The second kappa shape index (κ2) is 7.67. The minimum Gasteiger partial charge on any atom is -0.322 e. The third kappa shape index (κ3) is 5.29. The van der Waals surface area contributed by atoms with Crippen molar-refractivity contribution in [3.8, 4) is 0 Å². The third-order valence-electron chi connectivity index (χ3n) is 3.54. The molecule has 0 saturated heterocycles. The summed E-state index contributed by atoms with van der Waals surface area (Å²) in [6.45, 7) is 3.47. The number of sulfone groups is 1. The quantitative estimate of drug-likeness (QED) is 0.747. The third-order valence-corrected chi connectivity index (χ3v) is 5.62. The van der Waals surface area contributed by atoms with Crippen LogP contribution in [0.2, 0.25) is 0 Å². The molecule has 0 atom stereocenters. The highest BCUT2D eigenvalue weighted by atomic mass is 32.2. The van der Waals surface area contributed by atoms with Gasteiger partial charge in [0, 0.05) is 11.3 Å². The Balaban J connectivity index is 2.29. The molecule has 0 bridgehead atoms. The van der Waals surface area contributed by atoms with Gasteiger partial charge in [0.1, 0.15) is 5.82 Å². The maximum Gasteiger partial charge on any atom is 0.419 e. The number of amides is 1. The molecule has 0 aromatic heterocycles. The summed E-state index contributed by atoms with van der Waals surface area (Å²) >= 11 is 0. The average Bonchev–Trinajstić information content (AvgIpc) is 2.54. The van der Waals surface area contributed by atoms with Crippen molar-refractivity contribution in [3.05, 3.63) is 59.4 Å². The van der Waals surface area contributed by atoms with E-state index < -0.39 is 33.3 Å². The average molecular weight is 403 g/mol. The van der Waals surface area contributed by atoms with Gasteiger partial charge in [-0.2, -0.15) is 13.2 Å². The summed E-state index contributed by atoms with van der Waals surface area (Å²) < 4.78 is 76.1. The van der Waals surface area contributed by atoms with Gasteiger partial charge < -0.3 is 5.32 Å². The van der Waals surface area contributed by atoms with Gasteiger partial charge in [0.15, 0.2) is 9.84 Å². The summed E-state index contributed by atoms with van der Waals surface area (Å²) in [6.07, 6.45) is -4.91. The van der Waals surface area contributed by atoms with E-state index in [1.54, 1.807) is 13.8 Å². The zero-order valence-corrected chi connectivity index (χ0v) is 15.3. The van der Waals surface area contributed by atoms with Crippen LogP contribution in [-0.4, -0.2) is 20.1 Å². The number of nitrogens with one attached hydrogen (secondary N) is 1. The number of hydrogen-bond donors (Lipinski definition) is 1. The van der Waals surface area contributed by atoms with Gasteiger partial charge in [-0.1, -0.05) is 19.9 Å². The Morgan fingerprint density at radius 1 is 1.11 bits per heavy atom. The highest BCUT2D eigenvalue weighted by molar-refractivity contribution is 7.91. The van der Waals surface area contributed by atoms with Gasteiger partial charge >= 0.3 is 6.18 Å². The summed E-state index contributed by atoms with van der Waals surface area (Å²) in [6, 6.07) is 7.26. The first-order valence-electron chi connectivity index (χ1n) is 7.91. The number of anilines is 1. The summed E-state index contributed by atoms with van der Waals surface area (Å²) in [5.74, 6) is -2.49. The molecule has 0 saturated carbocycles. The van der Waals surface area contributed by atoms with Crippen LogP contribution in [0.1, 0.15) is 29.8 Å². The van der Waals surface area contributed by atoms with E-state index in [9.17, 15) is 30.8 Å². The van der Waals surface area contributed by atoms with E-state index in [4.69, 9.17) is 0 Å². The molecule has 0 unspecified atom stereocenters. The lowest BCUT2D eigenvalue weighted by Crippen LogP contribution is -2.16. The molecule has 2 aromatic rings. The fourth-order valence-corrected chi connectivity index (χ4v) is 4.05. The topological polar surface area (TPSA) is 63.2 Å². The van der Waals surface area contributed by atoms with E-state index in [0.29, 0.717) is 12.1 Å². The van der Waals surface area contributed by atoms with Crippen molar-refractivity contribution in [1.82, 2.24) is 0 Å². The smallest absolute Gasteiger partial charge is 0.322 e. The molecule has 0 fully saturated rings. The van der Waals surface area contributed by atoms with Crippen LogP contribution >= 0.6 is 0 Å². The Kier molecular flexibility index (Phi) is 5.94. The molecule has 1 amide bonds. The second-order valence-electron chi connectivity index (χ2n) is 6.35. The van der Waals surface area contributed by atoms with Crippen LogP contribution in [0.25, 0.3) is 0 Å². The van der Waals surface area contributed by atoms with Crippen molar-refractivity contribution in [3.63, 3.8) is 0 Å². The highest BCUT2D eigenvalue weighted by Crippen LogP contribution is 2.33. The summed E-state index contributed by atoms with van der Waals surface area (Å²) in [4.78, 5) is 12.2. The van der Waals surface area contributed by atoms with Crippen molar-refractivity contribution < 1.29 is 30.8 Å². The molecule has 2 aromatic carbocycles. The normalized spacial score (nSPS) is 12.3. The van der Waals surface area contributed by atoms with E-state index in [-0.39, 0.29) is 27.8 Å². The first-order chi connectivity index (χ1) is 12.4. The molecule has 27 heavy (non-hydrogen) atoms. The Bertz CT molecular complexity index is 953. The van der Waals surface area contributed by atoms with E-state index in [0.717, 1.165) is 12.1 Å². The Morgan fingerprint density at radius 2 is 1.78 bits per heavy atom. The molecule has 146 valence electrons. The van der Waals surface area contributed by atoms with E-state index >= 15 is 0 Å². The van der Waals surface area contributed by atoms with Gasteiger partial charge in [-0.25, -0.2) is 12.8 Å². The lowest BCUT2D eigenvalue weighted by Gasteiger charge is -2.12. The van der Waals surface area contributed by atoms with Crippen LogP contribution in [0.15, 0.2) is 47.4 Å². The molecule has 2 rings (SSSR count). The number of carbonyl (C=O) groups excluding carboxylic acids is 1. The van der Waals surface area contributed by atoms with Crippen molar-refractivity contribution in [2.24, 2.45) is 5.92 Å². The molecular formula is C18H17F4NO3S. The van der Waals surface area contributed by atoms with Crippen LogP contribution < -0.4 is 5.32 Å². The number of alkyl halides is 3. The van der Waals surface area contributed by atoms with Gasteiger partial charge in [-0.05, 0) is 42.3 Å². The number of hydrogen-bond acceptors (Lipinski definition) is 3. The van der Waals surface area contributed by atoms with Crippen LogP contribution in [0.4, 0.5) is 23.2 Å². The van der Waals surface area contributed by atoms with E-state index in [1.807, 2.05) is 0 Å². The number of benzene rings is 2. The van der Waals surface area contributed by atoms with Gasteiger partial charge in [0.25, 0.3) is 5.91 Å². The number of carbonyl (C=O) groups is 1. The Hall–Kier alpha value is -2.42. The zero-order valence-electron chi connectivity index (χ0n) is 14.5. The van der Waals surface area contributed by atoms with Crippen molar-refractivity contribution in [2.75, 3.05) is 11.1 Å². The molecule has 1 N–H and O–H groups in total. The molecule has 0 radical (unpaired) electrons. The first-order valence-corrected chi connectivity index (χ1v) is 9.56. The van der Waals surface area contributed by atoms with Crippen LogP contribution in [-0.2, 0) is 16.0 Å². The summed E-state index contributed by atoms with van der Waals surface area (Å²) in [5.41, 5.74) is -1.81. The molecule has 4 nitrogen and oxygen atoms in total. The summed E-state index contributed by atoms with van der Waals surface area (Å²) in [7, 11) is -3.60. The minimum absolute atomic E-state index is 0.0438. The molecule has 0 heterocycles. The van der Waals surface area contributed by atoms with Gasteiger partial charge in [0.05, 0.1) is 16.2 Å². The monoisotopic (exact) mass is 403 g/mol. The molecule has 0 spiro atoms. The predicted molar refractivity (Wildman–Crippen MR) is 92.7 cm³/mol. The van der Waals surface area contributed by atoms with Crippen molar-refractivity contribution >= 4 is 21.4 Å². The van der Waals surface area contributed by atoms with Crippen molar-refractivity contribution in [1.29, 1.82) is 0 Å². The van der Waals surface area contributed by atoms with E-state index in [2.05, 4.69) is 5.32 Å². The lowest BCUT2D eigenvalue weighted by molar-refractivity contribution is -0.139. The molecular weight excluding hydrogens is 386 g/mol. The minimum atomic E-state index is -4.91. The molecule has 9 heteroatoms. The highest BCUT2D eigenvalue weighted by Gasteiger charge is 2.34. The van der Waals surface area contributed by atoms with Gasteiger partial charge in [-0.3, -0.25) is 4.79 Å². The maximum atomic E-state index is 13.3. The SMILES string of the molecule is CC(C)CS(=O)(=O)c1cccc(C(=O)Nc2ccc(F)c(C(F)(F)F)c2)c1. The lowest BCUT2D eigenvalue weighted by atomic mass is 10.1. The Morgan fingerprint density at radius 3 is 2.37 bits per heavy atom. The molecule has 0 aliphatic rings. The van der Waals surface area contributed by atoms with Crippen LogP contribution in [0, 0.1) is 11.7 Å². The maximum absolute atomic E-state index is 13.3. The largest absolute Gasteiger partial charge is 0.419 e. The van der Waals surface area contributed by atoms with E-state index in [1.165, 1.54) is 18.2 Å². The van der Waals surface area contributed by atoms with Crippen molar-refractivity contribution in [2.45, 2.75) is 24.9 Å². The second-order valence-corrected chi connectivity index (χ2v) is 8.38. The molecule has 0 aliphatic carbocycles. The number of halogens is 4. The summed E-state index contributed by atoms with van der Waals surface area (Å²) in [5, 5.41) is 2.22. The molecule has 0 aliphatic heterocycles. The Labute approximate surface area is 154 Å². The fraction of sp³-hybridized carbons (Fsp3) is 0.278. The van der Waals surface area contributed by atoms with Gasteiger partial charge in [-0.15, -0.1) is 0 Å². The zero-order chi connectivity index (χ0) is 20.4. The fourth-order valence-electron chi connectivity index (χ4n) is 2.39. The number of rotatable bonds is 5. The van der Waals surface area contributed by atoms with Crippen LogP contribution in [0.3, 0.4) is 0 Å². The van der Waals surface area contributed by atoms with Gasteiger partial charge in [0.2, 0.25) is 0 Å². The first kappa shape index (κ1) is 20.9. The standard InChI is InChI=1S/C18H17F4NO3S/c1-11(2)10-27(25,26)14-5-3-4-12(8-14)17(24)23-13-6-7-16(19)15(9-13)18(20,21)22/h3-9,11H,10H2,1-2H3,(H,23,24). The predicted octanol–water partition coefficient (Wildman–Crippen LogP) is 4.53. The van der Waals surface area contributed by atoms with Crippen LogP contribution in [0.5, 0.6) is 0 Å².